The van der Waals surface area contributed by atoms with Gasteiger partial charge in [-0.2, -0.15) is 0 Å². The van der Waals surface area contributed by atoms with Crippen molar-refractivity contribution in [2.45, 2.75) is 39.7 Å². The minimum Gasteiger partial charge on any atom is -0.508 e. The Hall–Kier alpha value is -2.53. The lowest BCUT2D eigenvalue weighted by Gasteiger charge is -2.30. The summed E-state index contributed by atoms with van der Waals surface area (Å²) in [4.78, 5) is 24.8. The number of aromatic hydroxyl groups is 1. The van der Waals surface area contributed by atoms with Crippen LogP contribution in [0.15, 0.2) is 42.5 Å². The molecule has 0 saturated heterocycles. The van der Waals surface area contributed by atoms with Gasteiger partial charge in [0, 0.05) is 27.4 Å². The van der Waals surface area contributed by atoms with Gasteiger partial charge < -0.3 is 15.7 Å². The fraction of sp³-hybridized carbons (Fsp3) is 0.333. The quantitative estimate of drug-likeness (QED) is 0.686. The largest absolute Gasteiger partial charge is 0.508 e. The summed E-state index contributed by atoms with van der Waals surface area (Å²) in [5.74, 6) is -0.224. The number of halogens is 1. The molecule has 0 aliphatic heterocycles. The summed E-state index contributed by atoms with van der Waals surface area (Å²) < 4.78 is 0. The first-order chi connectivity index (χ1) is 12.6. The Labute approximate surface area is 164 Å². The zero-order valence-electron chi connectivity index (χ0n) is 16.0. The van der Waals surface area contributed by atoms with Crippen LogP contribution in [0.1, 0.15) is 43.6 Å². The van der Waals surface area contributed by atoms with E-state index in [4.69, 9.17) is 11.6 Å². The highest BCUT2D eigenvalue weighted by Gasteiger charge is 2.25. The van der Waals surface area contributed by atoms with E-state index >= 15 is 0 Å². The first-order valence-electron chi connectivity index (χ1n) is 8.78. The van der Waals surface area contributed by atoms with Crippen LogP contribution in [-0.4, -0.2) is 22.5 Å². The maximum Gasteiger partial charge on any atom is 0.251 e. The number of carbonyl (C=O) groups is 2. The van der Waals surface area contributed by atoms with Gasteiger partial charge in [0.15, 0.2) is 0 Å². The molecule has 0 atom stereocenters. The van der Waals surface area contributed by atoms with Gasteiger partial charge in [-0.1, -0.05) is 31.5 Å². The molecule has 2 amide bonds. The molecule has 0 fully saturated rings. The van der Waals surface area contributed by atoms with Crippen LogP contribution in [0.4, 0.5) is 5.69 Å². The number of rotatable bonds is 6. The van der Waals surface area contributed by atoms with E-state index in [2.05, 4.69) is 10.6 Å². The second-order valence-corrected chi connectivity index (χ2v) is 7.85. The van der Waals surface area contributed by atoms with E-state index in [9.17, 15) is 14.7 Å². The van der Waals surface area contributed by atoms with Gasteiger partial charge in [-0.3, -0.25) is 9.59 Å². The number of benzene rings is 2. The number of phenols is 1. The lowest BCUT2D eigenvalue weighted by atomic mass is 9.90. The van der Waals surface area contributed by atoms with Gasteiger partial charge >= 0.3 is 0 Å². The molecule has 0 spiro atoms. The molecule has 2 rings (SSSR count). The Morgan fingerprint density at radius 2 is 1.85 bits per heavy atom. The van der Waals surface area contributed by atoms with E-state index in [0.29, 0.717) is 21.8 Å². The van der Waals surface area contributed by atoms with Crippen molar-refractivity contribution < 1.29 is 14.7 Å². The first-order valence-corrected chi connectivity index (χ1v) is 9.16. The van der Waals surface area contributed by atoms with Gasteiger partial charge in [-0.15, -0.1) is 0 Å². The van der Waals surface area contributed by atoms with Gasteiger partial charge in [0.25, 0.3) is 5.91 Å². The van der Waals surface area contributed by atoms with Crippen molar-refractivity contribution in [2.75, 3.05) is 5.32 Å². The normalized spacial score (nSPS) is 11.3. The molecule has 0 aromatic heterocycles. The summed E-state index contributed by atoms with van der Waals surface area (Å²) in [6, 6.07) is 11.3. The fourth-order valence-electron chi connectivity index (χ4n) is 2.32. The number of hydrogen-bond donors (Lipinski definition) is 3. The molecule has 3 N–H and O–H groups in total. The second kappa shape index (κ2) is 8.44. The average molecular weight is 389 g/mol. The summed E-state index contributed by atoms with van der Waals surface area (Å²) in [5, 5.41) is 16.0. The molecular weight excluding hydrogens is 364 g/mol. The van der Waals surface area contributed by atoms with Crippen molar-refractivity contribution in [2.24, 2.45) is 5.92 Å². The Bertz CT molecular complexity index is 847. The van der Waals surface area contributed by atoms with Crippen molar-refractivity contribution in [3.8, 4) is 5.75 Å². The topological polar surface area (TPSA) is 78.4 Å². The van der Waals surface area contributed by atoms with E-state index in [1.54, 1.807) is 36.4 Å². The minimum absolute atomic E-state index is 0.0126. The summed E-state index contributed by atoms with van der Waals surface area (Å²) in [6.07, 6.45) is -0.0246. The zero-order chi connectivity index (χ0) is 20.2. The van der Waals surface area contributed by atoms with Crippen molar-refractivity contribution >= 4 is 29.1 Å². The van der Waals surface area contributed by atoms with Crippen LogP contribution in [0.25, 0.3) is 0 Å². The van der Waals surface area contributed by atoms with Gasteiger partial charge in [-0.05, 0) is 56.2 Å². The molecule has 0 aliphatic carbocycles. The molecule has 27 heavy (non-hydrogen) atoms. The Morgan fingerprint density at radius 3 is 2.52 bits per heavy atom. The van der Waals surface area contributed by atoms with Crippen LogP contribution in [0.2, 0.25) is 5.02 Å². The number of anilines is 1. The van der Waals surface area contributed by atoms with Crippen LogP contribution in [-0.2, 0) is 11.2 Å². The highest BCUT2D eigenvalue weighted by atomic mass is 35.5. The standard InChI is InChI=1S/C21H25ClN2O3/c1-13(2)21(3,4)24-20(27)14-6-5-7-17(11-14)23-19(26)12-15-10-16(22)8-9-18(15)25/h5-11,13,25H,12H2,1-4H3,(H,23,26)(H,24,27). The molecule has 6 heteroatoms. The monoisotopic (exact) mass is 388 g/mol. The first kappa shape index (κ1) is 20.8. The van der Waals surface area contributed by atoms with Crippen molar-refractivity contribution in [1.82, 2.24) is 5.32 Å². The van der Waals surface area contributed by atoms with E-state index in [-0.39, 0.29) is 35.4 Å². The van der Waals surface area contributed by atoms with Crippen LogP contribution in [0.3, 0.4) is 0 Å². The third-order valence-electron chi connectivity index (χ3n) is 4.68. The van der Waals surface area contributed by atoms with E-state index in [1.165, 1.54) is 6.07 Å². The predicted octanol–water partition coefficient (Wildman–Crippen LogP) is 4.39. The number of phenolic OH excluding ortho intramolecular Hbond substituents is 1. The number of amides is 2. The molecule has 0 saturated carbocycles. The maximum absolute atomic E-state index is 12.5. The van der Waals surface area contributed by atoms with Crippen molar-refractivity contribution in [3.63, 3.8) is 0 Å². The Balaban J connectivity index is 2.08. The molecule has 0 heterocycles. The molecule has 5 nitrogen and oxygen atoms in total. The van der Waals surface area contributed by atoms with Crippen LogP contribution in [0, 0.1) is 5.92 Å². The molecular formula is C21H25ClN2O3. The van der Waals surface area contributed by atoms with Crippen LogP contribution >= 0.6 is 11.6 Å². The Morgan fingerprint density at radius 1 is 1.15 bits per heavy atom. The lowest BCUT2D eigenvalue weighted by molar-refractivity contribution is -0.115. The summed E-state index contributed by atoms with van der Waals surface area (Å²) in [5.41, 5.74) is 1.07. The van der Waals surface area contributed by atoms with Crippen molar-refractivity contribution in [3.05, 3.63) is 58.6 Å². The number of hydrogen-bond acceptors (Lipinski definition) is 3. The predicted molar refractivity (Wildman–Crippen MR) is 108 cm³/mol. The van der Waals surface area contributed by atoms with Crippen LogP contribution in [0.5, 0.6) is 5.75 Å². The van der Waals surface area contributed by atoms with Crippen LogP contribution < -0.4 is 10.6 Å². The fourth-order valence-corrected chi connectivity index (χ4v) is 2.52. The summed E-state index contributed by atoms with van der Waals surface area (Å²) >= 11 is 5.90. The van der Waals surface area contributed by atoms with Gasteiger partial charge in [-0.25, -0.2) is 0 Å². The molecule has 144 valence electrons. The maximum atomic E-state index is 12.5. The number of nitrogens with one attached hydrogen (secondary N) is 2. The van der Waals surface area contributed by atoms with E-state index in [1.807, 2.05) is 27.7 Å². The molecule has 0 unspecified atom stereocenters. The summed E-state index contributed by atoms with van der Waals surface area (Å²) in [6.45, 7) is 8.03. The Kier molecular flexibility index (Phi) is 6.50. The molecule has 2 aromatic rings. The second-order valence-electron chi connectivity index (χ2n) is 7.41. The van der Waals surface area contributed by atoms with E-state index in [0.717, 1.165) is 0 Å². The third-order valence-corrected chi connectivity index (χ3v) is 4.92. The highest BCUT2D eigenvalue weighted by molar-refractivity contribution is 6.30. The molecule has 0 radical (unpaired) electrons. The highest BCUT2D eigenvalue weighted by Crippen LogP contribution is 2.22. The minimum atomic E-state index is -0.347. The molecule has 0 aliphatic rings. The van der Waals surface area contributed by atoms with E-state index < -0.39 is 0 Å². The summed E-state index contributed by atoms with van der Waals surface area (Å²) in [7, 11) is 0. The van der Waals surface area contributed by atoms with Crippen molar-refractivity contribution in [1.29, 1.82) is 0 Å². The zero-order valence-corrected chi connectivity index (χ0v) is 16.7. The third kappa shape index (κ3) is 5.73. The van der Waals surface area contributed by atoms with Gasteiger partial charge in [0.2, 0.25) is 5.91 Å². The van der Waals surface area contributed by atoms with Gasteiger partial charge in [0.05, 0.1) is 6.42 Å². The number of carbonyl (C=O) groups excluding carboxylic acids is 2. The molecule has 0 bridgehead atoms. The lowest BCUT2D eigenvalue weighted by Crippen LogP contribution is -2.47. The van der Waals surface area contributed by atoms with Gasteiger partial charge in [0.1, 0.15) is 5.75 Å². The smallest absolute Gasteiger partial charge is 0.251 e. The molecule has 2 aromatic carbocycles. The SMILES string of the molecule is CC(C)C(C)(C)NC(=O)c1cccc(NC(=O)Cc2cc(Cl)ccc2O)c1. The average Bonchev–Trinajstić information content (AvgIpc) is 2.57.